The van der Waals surface area contributed by atoms with Gasteiger partial charge in [0, 0.05) is 33.6 Å². The lowest BCUT2D eigenvalue weighted by Crippen LogP contribution is -2.41. The lowest BCUT2D eigenvalue weighted by atomic mass is 10.2. The normalized spacial score (nSPS) is 11.3. The number of nitrogens with one attached hydrogen (secondary N) is 1. The van der Waals surface area contributed by atoms with Crippen LogP contribution in [0, 0.1) is 5.92 Å². The highest BCUT2D eigenvalue weighted by Crippen LogP contribution is 2.16. The van der Waals surface area contributed by atoms with E-state index in [9.17, 15) is 0 Å². The molecular weight excluding hydrogens is 511 g/mol. The monoisotopic (exact) mass is 546 g/mol. The maximum absolute atomic E-state index is 5.77. The fourth-order valence-corrected chi connectivity index (χ4v) is 3.48. The number of guanidine groups is 1. The number of aryl methyl sites for hydroxylation is 1. The predicted molar refractivity (Wildman–Crippen MR) is 136 cm³/mol. The molecule has 1 aromatic carbocycles. The molecule has 0 amide bonds. The Balaban J connectivity index is 0.00000450. The lowest BCUT2D eigenvalue weighted by Gasteiger charge is -2.22. The van der Waals surface area contributed by atoms with Crippen molar-refractivity contribution in [3.05, 3.63) is 36.2 Å². The van der Waals surface area contributed by atoms with Crippen LogP contribution in [0.1, 0.15) is 26.1 Å². The Hall–Kier alpha value is -1.49. The van der Waals surface area contributed by atoms with E-state index in [0.717, 1.165) is 55.2 Å². The Labute approximate surface area is 202 Å². The summed E-state index contributed by atoms with van der Waals surface area (Å²) in [6.45, 7) is 7.59. The molecule has 0 bridgehead atoms. The Morgan fingerprint density at radius 3 is 2.63 bits per heavy atom. The number of benzene rings is 1. The van der Waals surface area contributed by atoms with Crippen LogP contribution in [-0.4, -0.2) is 65.7 Å². The second-order valence-corrected chi connectivity index (χ2v) is 8.04. The summed E-state index contributed by atoms with van der Waals surface area (Å²) in [6.07, 6.45) is 3.91. The number of ether oxygens (including phenoxy) is 1. The molecule has 0 saturated heterocycles. The minimum atomic E-state index is 0. The van der Waals surface area contributed by atoms with Crippen molar-refractivity contribution in [3.8, 4) is 5.75 Å². The Morgan fingerprint density at radius 2 is 2.00 bits per heavy atom. The van der Waals surface area contributed by atoms with Gasteiger partial charge in [-0.25, -0.2) is 0 Å². The van der Waals surface area contributed by atoms with Crippen LogP contribution in [0.15, 0.2) is 40.5 Å². The number of halogens is 1. The molecule has 2 rings (SSSR count). The molecule has 1 heterocycles. The van der Waals surface area contributed by atoms with Crippen molar-refractivity contribution in [2.45, 2.75) is 38.4 Å². The van der Waals surface area contributed by atoms with Gasteiger partial charge in [0.25, 0.3) is 0 Å². The molecule has 0 saturated carbocycles. The topological polar surface area (TPSA) is 67.6 Å². The van der Waals surface area contributed by atoms with Gasteiger partial charge in [-0.1, -0.05) is 43.8 Å². The first-order valence-electron chi connectivity index (χ1n) is 10.1. The fourth-order valence-electron chi connectivity index (χ4n) is 2.96. The third kappa shape index (κ3) is 8.71. The number of hydrogen-bond donors (Lipinski definition) is 1. The van der Waals surface area contributed by atoms with Gasteiger partial charge < -0.3 is 19.5 Å². The third-order valence-corrected chi connectivity index (χ3v) is 5.06. The van der Waals surface area contributed by atoms with Crippen LogP contribution in [0.2, 0.25) is 0 Å². The summed E-state index contributed by atoms with van der Waals surface area (Å²) in [5.74, 6) is 3.39. The van der Waals surface area contributed by atoms with Crippen LogP contribution in [0.4, 0.5) is 0 Å². The zero-order valence-electron chi connectivity index (χ0n) is 18.7. The van der Waals surface area contributed by atoms with Crippen LogP contribution in [-0.2, 0) is 13.0 Å². The predicted octanol–water partition coefficient (Wildman–Crippen LogP) is 3.79. The number of likely N-dealkylation sites (N-methyl/N-ethyl adjacent to an activating group) is 1. The van der Waals surface area contributed by atoms with Gasteiger partial charge in [-0.3, -0.25) is 4.99 Å². The van der Waals surface area contributed by atoms with Gasteiger partial charge in [0.1, 0.15) is 18.2 Å². The van der Waals surface area contributed by atoms with Crippen molar-refractivity contribution in [1.82, 2.24) is 25.0 Å². The molecule has 0 radical (unpaired) electrons. The van der Waals surface area contributed by atoms with Gasteiger partial charge in [-0.15, -0.1) is 34.2 Å². The van der Waals surface area contributed by atoms with Gasteiger partial charge in [-0.05, 0) is 30.7 Å². The summed E-state index contributed by atoms with van der Waals surface area (Å²) >= 11 is 1.65. The number of para-hydroxylation sites is 1. The maximum Gasteiger partial charge on any atom is 0.193 e. The molecule has 1 aromatic heterocycles. The second kappa shape index (κ2) is 14.5. The summed E-state index contributed by atoms with van der Waals surface area (Å²) < 4.78 is 8.02. The fraction of sp³-hybridized carbons (Fsp3) is 0.571. The molecule has 9 heteroatoms. The number of rotatable bonds is 11. The van der Waals surface area contributed by atoms with Crippen molar-refractivity contribution in [2.24, 2.45) is 10.9 Å². The molecular formula is C21H35IN6OS. The number of nitrogens with zero attached hydrogens (tertiary/aromatic N) is 5. The number of thioether (sulfide) groups is 1. The molecule has 0 aliphatic rings. The highest BCUT2D eigenvalue weighted by molar-refractivity contribution is 14.0. The SMILES string of the molecule is CN=C(NCCCc1nnc(SC)n1CC(C)C)N(C)CCOc1ccccc1.I. The molecule has 1 N–H and O–H groups in total. The summed E-state index contributed by atoms with van der Waals surface area (Å²) in [7, 11) is 3.83. The lowest BCUT2D eigenvalue weighted by molar-refractivity contribution is 0.281. The average molecular weight is 547 g/mol. The molecule has 0 spiro atoms. The van der Waals surface area contributed by atoms with E-state index in [1.54, 1.807) is 18.8 Å². The van der Waals surface area contributed by atoms with Gasteiger partial charge in [-0.2, -0.15) is 0 Å². The molecule has 0 fully saturated rings. The van der Waals surface area contributed by atoms with Gasteiger partial charge >= 0.3 is 0 Å². The summed E-state index contributed by atoms with van der Waals surface area (Å²) in [5, 5.41) is 13.1. The molecule has 7 nitrogen and oxygen atoms in total. The van der Waals surface area contributed by atoms with E-state index < -0.39 is 0 Å². The van der Waals surface area contributed by atoms with Gasteiger partial charge in [0.2, 0.25) is 0 Å². The van der Waals surface area contributed by atoms with Crippen LogP contribution in [0.5, 0.6) is 5.75 Å². The highest BCUT2D eigenvalue weighted by Gasteiger charge is 2.12. The zero-order chi connectivity index (χ0) is 21.1. The molecule has 0 unspecified atom stereocenters. The van der Waals surface area contributed by atoms with E-state index >= 15 is 0 Å². The first-order valence-corrected chi connectivity index (χ1v) is 11.3. The summed E-state index contributed by atoms with van der Waals surface area (Å²) in [5.41, 5.74) is 0. The smallest absolute Gasteiger partial charge is 0.193 e. The van der Waals surface area contributed by atoms with E-state index in [-0.39, 0.29) is 24.0 Å². The van der Waals surface area contributed by atoms with E-state index in [4.69, 9.17) is 4.74 Å². The Bertz CT molecular complexity index is 753. The first kappa shape index (κ1) is 26.5. The molecule has 30 heavy (non-hydrogen) atoms. The minimum absolute atomic E-state index is 0. The second-order valence-electron chi connectivity index (χ2n) is 7.27. The third-order valence-electron chi connectivity index (χ3n) is 4.40. The van der Waals surface area contributed by atoms with Gasteiger partial charge in [0.15, 0.2) is 11.1 Å². The van der Waals surface area contributed by atoms with Crippen LogP contribution >= 0.6 is 35.7 Å². The largest absolute Gasteiger partial charge is 0.492 e. The van der Waals surface area contributed by atoms with E-state index in [1.807, 2.05) is 43.6 Å². The highest BCUT2D eigenvalue weighted by atomic mass is 127. The van der Waals surface area contributed by atoms with Crippen LogP contribution in [0.3, 0.4) is 0 Å². The summed E-state index contributed by atoms with van der Waals surface area (Å²) in [4.78, 5) is 6.45. The number of aliphatic imine (C=N–C) groups is 1. The standard InChI is InChI=1S/C21H34N6OS.HI/c1-17(2)16-27-19(24-25-21(27)29-5)12-9-13-23-20(22-3)26(4)14-15-28-18-10-7-6-8-11-18;/h6-8,10-11,17H,9,12-16H2,1-5H3,(H,22,23);1H. The average Bonchev–Trinajstić information content (AvgIpc) is 3.09. The molecule has 0 atom stereocenters. The quantitative estimate of drug-likeness (QED) is 0.152. The van der Waals surface area contributed by atoms with E-state index in [2.05, 4.69) is 43.8 Å². The molecule has 168 valence electrons. The van der Waals surface area contributed by atoms with Crippen LogP contribution < -0.4 is 10.1 Å². The molecule has 2 aromatic rings. The van der Waals surface area contributed by atoms with Crippen molar-refractivity contribution in [1.29, 1.82) is 0 Å². The van der Waals surface area contributed by atoms with Crippen molar-refractivity contribution in [3.63, 3.8) is 0 Å². The van der Waals surface area contributed by atoms with Crippen molar-refractivity contribution >= 4 is 41.7 Å². The van der Waals surface area contributed by atoms with E-state index in [0.29, 0.717) is 12.5 Å². The number of aromatic nitrogens is 3. The minimum Gasteiger partial charge on any atom is -0.492 e. The van der Waals surface area contributed by atoms with E-state index in [1.165, 1.54) is 0 Å². The number of hydrogen-bond acceptors (Lipinski definition) is 5. The van der Waals surface area contributed by atoms with Crippen molar-refractivity contribution in [2.75, 3.05) is 40.0 Å². The molecule has 0 aliphatic heterocycles. The Morgan fingerprint density at radius 1 is 1.27 bits per heavy atom. The maximum atomic E-state index is 5.77. The summed E-state index contributed by atoms with van der Waals surface area (Å²) in [6, 6.07) is 9.87. The van der Waals surface area contributed by atoms with Gasteiger partial charge in [0.05, 0.1) is 6.54 Å². The first-order chi connectivity index (χ1) is 14.0. The zero-order valence-corrected chi connectivity index (χ0v) is 21.8. The molecule has 0 aliphatic carbocycles. The Kier molecular flexibility index (Phi) is 12.8. The van der Waals surface area contributed by atoms with Crippen LogP contribution in [0.25, 0.3) is 0 Å². The van der Waals surface area contributed by atoms with Crippen molar-refractivity contribution < 1.29 is 4.74 Å².